The molecule has 1 aromatic rings. The average Bonchev–Trinajstić information content (AvgIpc) is 2.28. The van der Waals surface area contributed by atoms with Gasteiger partial charge >= 0.3 is 0 Å². The van der Waals surface area contributed by atoms with Crippen molar-refractivity contribution < 1.29 is 4.39 Å². The van der Waals surface area contributed by atoms with Crippen LogP contribution in [-0.4, -0.2) is 28.0 Å². The highest BCUT2D eigenvalue weighted by molar-refractivity contribution is 7.99. The van der Waals surface area contributed by atoms with E-state index >= 15 is 0 Å². The molecule has 15 heavy (non-hydrogen) atoms. The third-order valence-electron chi connectivity index (χ3n) is 2.55. The summed E-state index contributed by atoms with van der Waals surface area (Å²) in [5, 5.41) is 3.15. The van der Waals surface area contributed by atoms with Crippen LogP contribution in [0.2, 0.25) is 0 Å². The van der Waals surface area contributed by atoms with Gasteiger partial charge in [0.1, 0.15) is 12.1 Å². The van der Waals surface area contributed by atoms with Gasteiger partial charge in [-0.15, -0.1) is 0 Å². The van der Waals surface area contributed by atoms with Crippen molar-refractivity contribution in [1.29, 1.82) is 0 Å². The van der Waals surface area contributed by atoms with Crippen LogP contribution >= 0.6 is 11.8 Å². The molecule has 1 fully saturated rings. The van der Waals surface area contributed by atoms with E-state index in [0.29, 0.717) is 11.7 Å². The van der Waals surface area contributed by atoms with E-state index in [9.17, 15) is 4.39 Å². The minimum absolute atomic E-state index is 0.480. The maximum Gasteiger partial charge on any atom is 0.217 e. The van der Waals surface area contributed by atoms with Crippen molar-refractivity contribution in [2.45, 2.75) is 12.8 Å². The second kappa shape index (κ2) is 5.30. The van der Waals surface area contributed by atoms with Gasteiger partial charge in [0.25, 0.3) is 0 Å². The second-order valence-electron chi connectivity index (χ2n) is 3.66. The fourth-order valence-electron chi connectivity index (χ4n) is 1.63. The van der Waals surface area contributed by atoms with Gasteiger partial charge in [0.05, 0.1) is 0 Å². The smallest absolute Gasteiger partial charge is 0.217 e. The molecule has 0 spiro atoms. The number of rotatable bonds is 3. The van der Waals surface area contributed by atoms with Gasteiger partial charge in [-0.25, -0.2) is 9.97 Å². The fourth-order valence-corrected chi connectivity index (χ4v) is 2.83. The Kier molecular flexibility index (Phi) is 3.77. The summed E-state index contributed by atoms with van der Waals surface area (Å²) in [5.74, 6) is 3.28. The zero-order chi connectivity index (χ0) is 10.5. The van der Waals surface area contributed by atoms with Gasteiger partial charge in [-0.05, 0) is 30.3 Å². The van der Waals surface area contributed by atoms with Crippen LogP contribution in [0.5, 0.6) is 0 Å². The van der Waals surface area contributed by atoms with Gasteiger partial charge in [-0.2, -0.15) is 16.2 Å². The minimum Gasteiger partial charge on any atom is -0.370 e. The summed E-state index contributed by atoms with van der Waals surface area (Å²) in [6, 6.07) is 1.33. The van der Waals surface area contributed by atoms with E-state index in [4.69, 9.17) is 0 Å². The molecule has 0 unspecified atom stereocenters. The highest BCUT2D eigenvalue weighted by atomic mass is 32.2. The van der Waals surface area contributed by atoms with Gasteiger partial charge in [0.2, 0.25) is 5.95 Å². The summed E-state index contributed by atoms with van der Waals surface area (Å²) >= 11 is 2.01. The molecule has 0 radical (unpaired) electrons. The van der Waals surface area contributed by atoms with Crippen LogP contribution in [0.25, 0.3) is 0 Å². The topological polar surface area (TPSA) is 37.8 Å². The lowest BCUT2D eigenvalue weighted by atomic mass is 10.0. The molecule has 3 nitrogen and oxygen atoms in total. The van der Waals surface area contributed by atoms with Crippen LogP contribution in [-0.2, 0) is 0 Å². The number of thioether (sulfide) groups is 1. The zero-order valence-electron chi connectivity index (χ0n) is 8.45. The summed E-state index contributed by atoms with van der Waals surface area (Å²) in [7, 11) is 0. The first kappa shape index (κ1) is 10.7. The Balaban J connectivity index is 1.81. The SMILES string of the molecule is Fc1cc(NCC2CCSCC2)ncn1. The molecule has 0 aromatic carbocycles. The predicted molar refractivity (Wildman–Crippen MR) is 60.5 cm³/mol. The van der Waals surface area contributed by atoms with Crippen molar-refractivity contribution in [2.75, 3.05) is 23.4 Å². The van der Waals surface area contributed by atoms with Gasteiger partial charge in [-0.1, -0.05) is 0 Å². The molecule has 1 N–H and O–H groups in total. The number of nitrogens with one attached hydrogen (secondary N) is 1. The first-order chi connectivity index (χ1) is 7.34. The molecule has 1 saturated heterocycles. The van der Waals surface area contributed by atoms with Crippen LogP contribution in [0, 0.1) is 11.9 Å². The number of anilines is 1. The fraction of sp³-hybridized carbons (Fsp3) is 0.600. The van der Waals surface area contributed by atoms with Crippen molar-refractivity contribution in [3.8, 4) is 0 Å². The van der Waals surface area contributed by atoms with Crippen LogP contribution in [0.1, 0.15) is 12.8 Å². The maximum absolute atomic E-state index is 12.7. The molecule has 0 saturated carbocycles. The molecule has 0 aliphatic carbocycles. The van der Waals surface area contributed by atoms with Gasteiger partial charge in [0.15, 0.2) is 0 Å². The Morgan fingerprint density at radius 1 is 1.40 bits per heavy atom. The van der Waals surface area contributed by atoms with Crippen LogP contribution in [0.4, 0.5) is 10.2 Å². The van der Waals surface area contributed by atoms with Crippen molar-refractivity contribution in [2.24, 2.45) is 5.92 Å². The number of hydrogen-bond donors (Lipinski definition) is 1. The van der Waals surface area contributed by atoms with E-state index in [0.717, 1.165) is 6.54 Å². The number of nitrogens with zero attached hydrogens (tertiary/aromatic N) is 2. The number of hydrogen-bond acceptors (Lipinski definition) is 4. The normalized spacial score (nSPS) is 17.7. The molecular weight excluding hydrogens is 213 g/mol. The Bertz CT molecular complexity index is 315. The van der Waals surface area contributed by atoms with E-state index in [1.165, 1.54) is 36.7 Å². The van der Waals surface area contributed by atoms with Crippen molar-refractivity contribution in [3.05, 3.63) is 18.3 Å². The first-order valence-corrected chi connectivity index (χ1v) is 6.29. The Morgan fingerprint density at radius 3 is 2.93 bits per heavy atom. The highest BCUT2D eigenvalue weighted by Crippen LogP contribution is 2.22. The summed E-state index contributed by atoms with van der Waals surface area (Å²) in [6.45, 7) is 0.886. The van der Waals surface area contributed by atoms with E-state index < -0.39 is 5.95 Å². The van der Waals surface area contributed by atoms with E-state index in [-0.39, 0.29) is 0 Å². The highest BCUT2D eigenvalue weighted by Gasteiger charge is 2.13. The Labute approximate surface area is 92.9 Å². The number of halogens is 1. The van der Waals surface area contributed by atoms with E-state index in [1.807, 2.05) is 11.8 Å². The molecular formula is C10H14FN3S. The van der Waals surface area contributed by atoms with Gasteiger partial charge in [0, 0.05) is 12.6 Å². The van der Waals surface area contributed by atoms with Crippen molar-refractivity contribution in [3.63, 3.8) is 0 Å². The lowest BCUT2D eigenvalue weighted by Gasteiger charge is -2.21. The first-order valence-electron chi connectivity index (χ1n) is 5.14. The zero-order valence-corrected chi connectivity index (χ0v) is 9.26. The lowest BCUT2D eigenvalue weighted by Crippen LogP contribution is -2.19. The van der Waals surface area contributed by atoms with Gasteiger partial charge in [-0.3, -0.25) is 0 Å². The molecule has 82 valence electrons. The Hall–Kier alpha value is -0.840. The largest absolute Gasteiger partial charge is 0.370 e. The Morgan fingerprint density at radius 2 is 2.20 bits per heavy atom. The molecule has 1 aliphatic heterocycles. The third-order valence-corrected chi connectivity index (χ3v) is 3.60. The third kappa shape index (κ3) is 3.34. The molecule has 2 rings (SSSR count). The molecule has 0 amide bonds. The summed E-state index contributed by atoms with van der Waals surface area (Å²) < 4.78 is 12.7. The average molecular weight is 227 g/mol. The molecule has 0 atom stereocenters. The van der Waals surface area contributed by atoms with E-state index in [2.05, 4.69) is 15.3 Å². The van der Waals surface area contributed by atoms with Crippen LogP contribution in [0.3, 0.4) is 0 Å². The summed E-state index contributed by atoms with van der Waals surface area (Å²) in [5.41, 5.74) is 0. The predicted octanol–water partition coefficient (Wildman–Crippen LogP) is 2.17. The summed E-state index contributed by atoms with van der Waals surface area (Å²) in [4.78, 5) is 7.37. The van der Waals surface area contributed by atoms with E-state index in [1.54, 1.807) is 0 Å². The standard InChI is InChI=1S/C10H14FN3S/c11-9-5-10(14-7-13-9)12-6-8-1-3-15-4-2-8/h5,7-8H,1-4,6H2,(H,12,13,14). The lowest BCUT2D eigenvalue weighted by molar-refractivity contribution is 0.514. The van der Waals surface area contributed by atoms with Crippen molar-refractivity contribution >= 4 is 17.6 Å². The van der Waals surface area contributed by atoms with Crippen LogP contribution < -0.4 is 5.32 Å². The molecule has 1 aromatic heterocycles. The molecule has 2 heterocycles. The maximum atomic E-state index is 12.7. The molecule has 0 bridgehead atoms. The van der Waals surface area contributed by atoms with Crippen LogP contribution in [0.15, 0.2) is 12.4 Å². The summed E-state index contributed by atoms with van der Waals surface area (Å²) in [6.07, 6.45) is 3.73. The van der Waals surface area contributed by atoms with Crippen molar-refractivity contribution in [1.82, 2.24) is 9.97 Å². The monoisotopic (exact) mass is 227 g/mol. The minimum atomic E-state index is -0.480. The number of aromatic nitrogens is 2. The molecule has 5 heteroatoms. The quantitative estimate of drug-likeness (QED) is 0.803. The molecule has 1 aliphatic rings. The second-order valence-corrected chi connectivity index (χ2v) is 4.89. The van der Waals surface area contributed by atoms with Gasteiger partial charge < -0.3 is 5.32 Å².